The van der Waals surface area contributed by atoms with Crippen LogP contribution in [-0.2, 0) is 0 Å². The van der Waals surface area contributed by atoms with Crippen molar-refractivity contribution >= 4 is 17.3 Å². The molecule has 0 aliphatic rings. The third-order valence-corrected chi connectivity index (χ3v) is 2.20. The Morgan fingerprint density at radius 2 is 2.29 bits per heavy atom. The molecule has 0 fully saturated rings. The smallest absolute Gasteiger partial charge is 0.124 e. The van der Waals surface area contributed by atoms with E-state index in [9.17, 15) is 4.39 Å². The highest BCUT2D eigenvalue weighted by Gasteiger charge is 2.03. The van der Waals surface area contributed by atoms with E-state index in [1.807, 2.05) is 6.92 Å². The Morgan fingerprint density at radius 1 is 1.57 bits per heavy atom. The quantitative estimate of drug-likeness (QED) is 0.813. The van der Waals surface area contributed by atoms with Crippen LogP contribution in [0.3, 0.4) is 0 Å². The summed E-state index contributed by atoms with van der Waals surface area (Å²) in [6, 6.07) is 4.19. The van der Waals surface area contributed by atoms with Gasteiger partial charge in [-0.15, -0.1) is 0 Å². The van der Waals surface area contributed by atoms with E-state index < -0.39 is 0 Å². The van der Waals surface area contributed by atoms with Gasteiger partial charge in [0.05, 0.1) is 10.7 Å². The molecule has 4 heteroatoms. The summed E-state index contributed by atoms with van der Waals surface area (Å²) in [5, 5.41) is 12.2. The van der Waals surface area contributed by atoms with Crippen LogP contribution in [0, 0.1) is 11.7 Å². The SMILES string of the molecule is CC(CO)CNc1ccc(F)cc1Cl. The number of hydrogen-bond donors (Lipinski definition) is 2. The molecule has 0 aromatic heterocycles. The first-order valence-corrected chi connectivity index (χ1v) is 4.81. The van der Waals surface area contributed by atoms with Crippen LogP contribution < -0.4 is 5.32 Å². The lowest BCUT2D eigenvalue weighted by Gasteiger charge is -2.11. The lowest BCUT2D eigenvalue weighted by Crippen LogP contribution is -2.14. The molecule has 1 aromatic rings. The molecule has 0 heterocycles. The predicted molar refractivity (Wildman–Crippen MR) is 56.1 cm³/mol. The number of rotatable bonds is 4. The van der Waals surface area contributed by atoms with Crippen LogP contribution in [-0.4, -0.2) is 18.3 Å². The summed E-state index contributed by atoms with van der Waals surface area (Å²) in [6.07, 6.45) is 0. The van der Waals surface area contributed by atoms with Gasteiger partial charge in [-0.05, 0) is 24.1 Å². The molecular formula is C10H13ClFNO. The van der Waals surface area contributed by atoms with Crippen molar-refractivity contribution in [2.75, 3.05) is 18.5 Å². The Kier molecular flexibility index (Phi) is 4.17. The van der Waals surface area contributed by atoms with Crippen LogP contribution in [0.25, 0.3) is 0 Å². The molecule has 1 rings (SSSR count). The summed E-state index contributed by atoms with van der Waals surface area (Å²) in [7, 11) is 0. The van der Waals surface area contributed by atoms with Gasteiger partial charge in [-0.2, -0.15) is 0 Å². The lowest BCUT2D eigenvalue weighted by atomic mass is 10.2. The van der Waals surface area contributed by atoms with Crippen molar-refractivity contribution in [3.05, 3.63) is 29.0 Å². The van der Waals surface area contributed by atoms with E-state index in [1.54, 1.807) is 6.07 Å². The van der Waals surface area contributed by atoms with Crippen LogP contribution in [0.4, 0.5) is 10.1 Å². The van der Waals surface area contributed by atoms with Crippen molar-refractivity contribution < 1.29 is 9.50 Å². The average molecular weight is 218 g/mol. The van der Waals surface area contributed by atoms with E-state index >= 15 is 0 Å². The Bertz CT molecular complexity index is 306. The Labute approximate surface area is 87.7 Å². The molecule has 0 aliphatic heterocycles. The van der Waals surface area contributed by atoms with Crippen molar-refractivity contribution in [1.82, 2.24) is 0 Å². The van der Waals surface area contributed by atoms with Crippen molar-refractivity contribution in [3.63, 3.8) is 0 Å². The highest BCUT2D eigenvalue weighted by atomic mass is 35.5. The lowest BCUT2D eigenvalue weighted by molar-refractivity contribution is 0.244. The minimum Gasteiger partial charge on any atom is -0.396 e. The van der Waals surface area contributed by atoms with Gasteiger partial charge in [-0.3, -0.25) is 0 Å². The van der Waals surface area contributed by atoms with Crippen molar-refractivity contribution in [1.29, 1.82) is 0 Å². The third-order valence-electron chi connectivity index (χ3n) is 1.88. The Balaban J connectivity index is 2.59. The molecule has 78 valence electrons. The third kappa shape index (κ3) is 3.16. The van der Waals surface area contributed by atoms with Crippen molar-refractivity contribution in [2.24, 2.45) is 5.92 Å². The first kappa shape index (κ1) is 11.3. The first-order chi connectivity index (χ1) is 6.63. The number of halogens is 2. The van der Waals surface area contributed by atoms with E-state index in [0.29, 0.717) is 17.3 Å². The van der Waals surface area contributed by atoms with Crippen LogP contribution in [0.2, 0.25) is 5.02 Å². The second kappa shape index (κ2) is 5.17. The zero-order valence-corrected chi connectivity index (χ0v) is 8.68. The zero-order chi connectivity index (χ0) is 10.6. The van der Waals surface area contributed by atoms with Gasteiger partial charge in [0, 0.05) is 13.2 Å². The van der Waals surface area contributed by atoms with Gasteiger partial charge in [0.2, 0.25) is 0 Å². The van der Waals surface area contributed by atoms with E-state index in [0.717, 1.165) is 0 Å². The molecule has 2 nitrogen and oxygen atoms in total. The number of benzene rings is 1. The fourth-order valence-electron chi connectivity index (χ4n) is 0.982. The van der Waals surface area contributed by atoms with Crippen molar-refractivity contribution in [2.45, 2.75) is 6.92 Å². The summed E-state index contributed by atoms with van der Waals surface area (Å²) in [6.45, 7) is 2.64. The molecule has 2 N–H and O–H groups in total. The molecule has 0 saturated heterocycles. The summed E-state index contributed by atoms with van der Waals surface area (Å²) in [4.78, 5) is 0. The fourth-order valence-corrected chi connectivity index (χ4v) is 1.22. The number of aliphatic hydroxyl groups is 1. The predicted octanol–water partition coefficient (Wildman–Crippen LogP) is 2.52. The van der Waals surface area contributed by atoms with E-state index in [4.69, 9.17) is 16.7 Å². The molecule has 1 atom stereocenters. The monoisotopic (exact) mass is 217 g/mol. The summed E-state index contributed by atoms with van der Waals surface area (Å²) in [5.74, 6) is -0.202. The second-order valence-electron chi connectivity index (χ2n) is 3.29. The van der Waals surface area contributed by atoms with Gasteiger partial charge in [0.25, 0.3) is 0 Å². The van der Waals surface area contributed by atoms with Crippen molar-refractivity contribution in [3.8, 4) is 0 Å². The number of anilines is 1. The highest BCUT2D eigenvalue weighted by molar-refractivity contribution is 6.33. The van der Waals surface area contributed by atoms with Gasteiger partial charge in [-0.25, -0.2) is 4.39 Å². The minimum absolute atomic E-state index is 0.117. The second-order valence-corrected chi connectivity index (χ2v) is 3.70. The molecule has 1 aromatic carbocycles. The number of hydrogen-bond acceptors (Lipinski definition) is 2. The normalized spacial score (nSPS) is 12.6. The first-order valence-electron chi connectivity index (χ1n) is 4.43. The maximum absolute atomic E-state index is 12.7. The van der Waals surface area contributed by atoms with Gasteiger partial charge in [-0.1, -0.05) is 18.5 Å². The average Bonchev–Trinajstić information content (AvgIpc) is 2.16. The largest absolute Gasteiger partial charge is 0.396 e. The standard InChI is InChI=1S/C10H13ClFNO/c1-7(6-14)5-13-10-3-2-8(12)4-9(10)11/h2-4,7,13-14H,5-6H2,1H3. The van der Waals surface area contributed by atoms with E-state index in [1.165, 1.54) is 12.1 Å². The summed E-state index contributed by atoms with van der Waals surface area (Å²) in [5.41, 5.74) is 0.688. The molecule has 14 heavy (non-hydrogen) atoms. The number of aliphatic hydroxyl groups excluding tert-OH is 1. The number of nitrogens with one attached hydrogen (secondary N) is 1. The fraction of sp³-hybridized carbons (Fsp3) is 0.400. The molecule has 0 saturated carbocycles. The van der Waals surface area contributed by atoms with Crippen LogP contribution >= 0.6 is 11.6 Å². The van der Waals surface area contributed by atoms with E-state index in [-0.39, 0.29) is 18.3 Å². The Morgan fingerprint density at radius 3 is 2.86 bits per heavy atom. The topological polar surface area (TPSA) is 32.3 Å². The van der Waals surface area contributed by atoms with Gasteiger partial charge in [0.1, 0.15) is 5.82 Å². The molecule has 1 unspecified atom stereocenters. The maximum atomic E-state index is 12.7. The zero-order valence-electron chi connectivity index (χ0n) is 7.93. The van der Waals surface area contributed by atoms with Gasteiger partial charge < -0.3 is 10.4 Å². The van der Waals surface area contributed by atoms with Gasteiger partial charge >= 0.3 is 0 Å². The van der Waals surface area contributed by atoms with Gasteiger partial charge in [0.15, 0.2) is 0 Å². The highest BCUT2D eigenvalue weighted by Crippen LogP contribution is 2.22. The van der Waals surface area contributed by atoms with Crippen LogP contribution in [0.5, 0.6) is 0 Å². The Hall–Kier alpha value is -0.800. The molecule has 0 aliphatic carbocycles. The molecule has 0 amide bonds. The van der Waals surface area contributed by atoms with Crippen LogP contribution in [0.15, 0.2) is 18.2 Å². The molecular weight excluding hydrogens is 205 g/mol. The molecule has 0 radical (unpaired) electrons. The summed E-state index contributed by atoms with van der Waals surface area (Å²) < 4.78 is 12.7. The molecule has 0 bridgehead atoms. The maximum Gasteiger partial charge on any atom is 0.124 e. The van der Waals surface area contributed by atoms with Crippen LogP contribution in [0.1, 0.15) is 6.92 Å². The van der Waals surface area contributed by atoms with E-state index in [2.05, 4.69) is 5.32 Å². The molecule has 0 spiro atoms. The summed E-state index contributed by atoms with van der Waals surface area (Å²) >= 11 is 5.79. The minimum atomic E-state index is -0.351.